The fourth-order valence-corrected chi connectivity index (χ4v) is 3.19. The first-order valence-corrected chi connectivity index (χ1v) is 7.59. The third-order valence-electron chi connectivity index (χ3n) is 4.15. The number of aliphatic hydroxyl groups is 1. The van der Waals surface area contributed by atoms with E-state index in [0.717, 1.165) is 55.1 Å². The van der Waals surface area contributed by atoms with Gasteiger partial charge in [-0.05, 0) is 39.0 Å². The maximum Gasteiger partial charge on any atom is 0.0850 e. The van der Waals surface area contributed by atoms with Crippen molar-refractivity contribution in [2.75, 3.05) is 0 Å². The van der Waals surface area contributed by atoms with Crippen molar-refractivity contribution in [2.24, 2.45) is 5.73 Å². The Morgan fingerprint density at radius 1 is 1.42 bits per heavy atom. The van der Waals surface area contributed by atoms with Gasteiger partial charge in [-0.3, -0.25) is 4.68 Å². The molecule has 0 spiro atoms. The quantitative estimate of drug-likeness (QED) is 0.892. The molecule has 4 nitrogen and oxygen atoms in total. The van der Waals surface area contributed by atoms with Gasteiger partial charge < -0.3 is 10.8 Å². The molecule has 0 aromatic carbocycles. The van der Waals surface area contributed by atoms with Crippen LogP contribution in [0.5, 0.6) is 0 Å². The standard InChI is InChI=1S/C14H24ClN3O/c1-3-11-13(15)12(18(4-2)17-11)9-14(19)7-5-10(16)6-8-14/h10,19H,3-9,16H2,1-2H3. The van der Waals surface area contributed by atoms with Crippen LogP contribution in [0.15, 0.2) is 0 Å². The summed E-state index contributed by atoms with van der Waals surface area (Å²) in [5.41, 5.74) is 7.13. The van der Waals surface area contributed by atoms with Crippen LogP contribution in [0.25, 0.3) is 0 Å². The zero-order chi connectivity index (χ0) is 14.0. The number of aryl methyl sites for hydroxylation is 2. The third-order valence-corrected chi connectivity index (χ3v) is 4.59. The van der Waals surface area contributed by atoms with Crippen molar-refractivity contribution in [3.8, 4) is 0 Å². The summed E-state index contributed by atoms with van der Waals surface area (Å²) in [4.78, 5) is 0. The predicted octanol–water partition coefficient (Wildman–Crippen LogP) is 2.29. The lowest BCUT2D eigenvalue weighted by molar-refractivity contribution is -0.00142. The number of aromatic nitrogens is 2. The first kappa shape index (κ1) is 14.8. The molecule has 1 saturated carbocycles. The van der Waals surface area contributed by atoms with E-state index in [1.54, 1.807) is 0 Å². The average molecular weight is 286 g/mol. The van der Waals surface area contributed by atoms with Crippen LogP contribution in [0.4, 0.5) is 0 Å². The molecular weight excluding hydrogens is 262 g/mol. The summed E-state index contributed by atoms with van der Waals surface area (Å²) in [6.07, 6.45) is 4.67. The topological polar surface area (TPSA) is 64.1 Å². The number of nitrogens with zero attached hydrogens (tertiary/aromatic N) is 2. The lowest BCUT2D eigenvalue weighted by atomic mass is 9.79. The number of halogens is 1. The van der Waals surface area contributed by atoms with Gasteiger partial charge in [-0.25, -0.2) is 0 Å². The molecule has 0 amide bonds. The number of hydrogen-bond donors (Lipinski definition) is 2. The van der Waals surface area contributed by atoms with E-state index in [9.17, 15) is 5.11 Å². The molecule has 2 rings (SSSR count). The number of hydrogen-bond acceptors (Lipinski definition) is 3. The summed E-state index contributed by atoms with van der Waals surface area (Å²) in [6.45, 7) is 4.88. The molecule has 1 heterocycles. The summed E-state index contributed by atoms with van der Waals surface area (Å²) in [6, 6.07) is 0.234. The molecule has 0 aliphatic heterocycles. The van der Waals surface area contributed by atoms with Gasteiger partial charge in [-0.1, -0.05) is 18.5 Å². The van der Waals surface area contributed by atoms with Crippen LogP contribution in [0.3, 0.4) is 0 Å². The Hall–Kier alpha value is -0.580. The van der Waals surface area contributed by atoms with Gasteiger partial charge in [0.15, 0.2) is 0 Å². The van der Waals surface area contributed by atoms with Crippen LogP contribution < -0.4 is 5.73 Å². The van der Waals surface area contributed by atoms with E-state index in [1.807, 2.05) is 18.5 Å². The Morgan fingerprint density at radius 2 is 2.05 bits per heavy atom. The minimum atomic E-state index is -0.669. The van der Waals surface area contributed by atoms with Crippen LogP contribution in [-0.4, -0.2) is 26.5 Å². The highest BCUT2D eigenvalue weighted by atomic mass is 35.5. The van der Waals surface area contributed by atoms with Gasteiger partial charge in [0, 0.05) is 19.0 Å². The third kappa shape index (κ3) is 3.12. The van der Waals surface area contributed by atoms with Gasteiger partial charge >= 0.3 is 0 Å². The molecule has 108 valence electrons. The maximum absolute atomic E-state index is 10.7. The molecule has 0 radical (unpaired) electrons. The molecule has 19 heavy (non-hydrogen) atoms. The van der Waals surface area contributed by atoms with Crippen LogP contribution in [0, 0.1) is 0 Å². The molecule has 0 atom stereocenters. The summed E-state index contributed by atoms with van der Waals surface area (Å²) >= 11 is 6.40. The molecule has 3 N–H and O–H groups in total. The smallest absolute Gasteiger partial charge is 0.0850 e. The largest absolute Gasteiger partial charge is 0.389 e. The van der Waals surface area contributed by atoms with Crippen LogP contribution in [0.2, 0.25) is 5.02 Å². The fourth-order valence-electron chi connectivity index (χ4n) is 2.85. The zero-order valence-electron chi connectivity index (χ0n) is 11.8. The lowest BCUT2D eigenvalue weighted by Gasteiger charge is -2.35. The Kier molecular flexibility index (Phi) is 4.54. The fraction of sp³-hybridized carbons (Fsp3) is 0.786. The Balaban J connectivity index is 2.20. The van der Waals surface area contributed by atoms with Crippen LogP contribution in [0.1, 0.15) is 50.9 Å². The second-order valence-electron chi connectivity index (χ2n) is 5.62. The molecule has 1 aliphatic carbocycles. The van der Waals surface area contributed by atoms with Gasteiger partial charge in [0.2, 0.25) is 0 Å². The van der Waals surface area contributed by atoms with Crippen molar-refractivity contribution in [2.45, 2.75) is 70.6 Å². The minimum Gasteiger partial charge on any atom is -0.389 e. The van der Waals surface area contributed by atoms with Gasteiger partial charge in [-0.15, -0.1) is 0 Å². The molecule has 1 aromatic rings. The molecule has 1 fully saturated rings. The first-order valence-electron chi connectivity index (χ1n) is 7.21. The lowest BCUT2D eigenvalue weighted by Crippen LogP contribution is -2.41. The van der Waals surface area contributed by atoms with Crippen molar-refractivity contribution in [3.63, 3.8) is 0 Å². The van der Waals surface area contributed by atoms with E-state index in [2.05, 4.69) is 5.10 Å². The summed E-state index contributed by atoms with van der Waals surface area (Å²) in [5, 5.41) is 16.0. The highest BCUT2D eigenvalue weighted by molar-refractivity contribution is 6.31. The van der Waals surface area contributed by atoms with E-state index in [-0.39, 0.29) is 6.04 Å². The van der Waals surface area contributed by atoms with Gasteiger partial charge in [0.1, 0.15) is 0 Å². The molecule has 1 aromatic heterocycles. The normalized spacial score (nSPS) is 27.7. The van der Waals surface area contributed by atoms with Gasteiger partial charge in [0.25, 0.3) is 0 Å². The van der Waals surface area contributed by atoms with Gasteiger partial charge in [-0.2, -0.15) is 5.10 Å². The highest BCUT2D eigenvalue weighted by Gasteiger charge is 2.34. The molecule has 1 aliphatic rings. The Labute approximate surface area is 119 Å². The first-order chi connectivity index (χ1) is 8.99. The van der Waals surface area contributed by atoms with E-state index in [1.165, 1.54) is 0 Å². The zero-order valence-corrected chi connectivity index (χ0v) is 12.6. The van der Waals surface area contributed by atoms with E-state index < -0.39 is 5.60 Å². The molecule has 0 saturated heterocycles. The number of nitrogens with two attached hydrogens (primary N) is 1. The summed E-state index contributed by atoms with van der Waals surface area (Å²) in [7, 11) is 0. The average Bonchev–Trinajstić information content (AvgIpc) is 2.70. The van der Waals surface area contributed by atoms with Crippen LogP contribution >= 0.6 is 11.6 Å². The SMILES string of the molecule is CCc1nn(CC)c(CC2(O)CCC(N)CC2)c1Cl. The van der Waals surface area contributed by atoms with Crippen molar-refractivity contribution >= 4 is 11.6 Å². The second kappa shape index (κ2) is 5.81. The van der Waals surface area contributed by atoms with Crippen molar-refractivity contribution < 1.29 is 5.11 Å². The van der Waals surface area contributed by atoms with E-state index in [0.29, 0.717) is 6.42 Å². The molecule has 5 heteroatoms. The number of rotatable bonds is 4. The van der Waals surface area contributed by atoms with Crippen molar-refractivity contribution in [3.05, 3.63) is 16.4 Å². The molecule has 0 bridgehead atoms. The van der Waals surface area contributed by atoms with Gasteiger partial charge in [0.05, 0.1) is 22.0 Å². The Morgan fingerprint density at radius 3 is 2.58 bits per heavy atom. The summed E-state index contributed by atoms with van der Waals surface area (Å²) in [5.74, 6) is 0. The Bertz CT molecular complexity index is 436. The van der Waals surface area contributed by atoms with E-state index in [4.69, 9.17) is 17.3 Å². The van der Waals surface area contributed by atoms with E-state index >= 15 is 0 Å². The van der Waals surface area contributed by atoms with Crippen LogP contribution in [-0.2, 0) is 19.4 Å². The molecule has 0 unspecified atom stereocenters. The monoisotopic (exact) mass is 285 g/mol. The minimum absolute atomic E-state index is 0.234. The second-order valence-corrected chi connectivity index (χ2v) is 5.99. The van der Waals surface area contributed by atoms with Crippen molar-refractivity contribution in [1.29, 1.82) is 0 Å². The van der Waals surface area contributed by atoms with Crippen molar-refractivity contribution in [1.82, 2.24) is 9.78 Å². The predicted molar refractivity (Wildman–Crippen MR) is 77.4 cm³/mol. The summed E-state index contributed by atoms with van der Waals surface area (Å²) < 4.78 is 1.92. The maximum atomic E-state index is 10.7. The molecular formula is C14H24ClN3O. The highest BCUT2D eigenvalue weighted by Crippen LogP contribution is 2.33.